The Hall–Kier alpha value is -0.250. The summed E-state index contributed by atoms with van der Waals surface area (Å²) >= 11 is 9.31. The fourth-order valence-electron chi connectivity index (χ4n) is 1.41. The molecule has 0 N–H and O–H groups in total. The van der Waals surface area contributed by atoms with Crippen LogP contribution >= 0.6 is 27.5 Å². The summed E-state index contributed by atoms with van der Waals surface area (Å²) in [6, 6.07) is 6.38. The van der Waals surface area contributed by atoms with Crippen molar-refractivity contribution in [1.29, 1.82) is 0 Å². The Bertz CT molecular complexity index is 346. The van der Waals surface area contributed by atoms with Gasteiger partial charge in [0, 0.05) is 28.5 Å². The highest BCUT2D eigenvalue weighted by Gasteiger charge is 2.11. The summed E-state index contributed by atoms with van der Waals surface area (Å²) in [6.07, 6.45) is 0. The molecular weight excluding hydrogens is 289 g/mol. The van der Waals surface area contributed by atoms with Crippen LogP contribution in [-0.4, -0.2) is 31.0 Å². The maximum atomic E-state index is 5.84. The molecule has 0 aliphatic heterocycles. The van der Waals surface area contributed by atoms with Gasteiger partial charge in [-0.25, -0.2) is 0 Å². The second-order valence-corrected chi connectivity index (χ2v) is 5.10. The number of hydrogen-bond acceptors (Lipinski definition) is 2. The predicted octanol–water partition coefficient (Wildman–Crippen LogP) is 3.52. The molecule has 0 saturated heterocycles. The van der Waals surface area contributed by atoms with Gasteiger partial charge in [-0.2, -0.15) is 0 Å². The van der Waals surface area contributed by atoms with Gasteiger partial charge in [0.1, 0.15) is 5.75 Å². The van der Waals surface area contributed by atoms with Gasteiger partial charge in [-0.15, -0.1) is 11.6 Å². The molecule has 1 aromatic carbocycles. The molecule has 90 valence electrons. The molecule has 0 radical (unpaired) electrons. The lowest BCUT2D eigenvalue weighted by atomic mass is 10.1. The number of nitrogens with zero attached hydrogens (tertiary/aromatic N) is 1. The Morgan fingerprint density at radius 3 is 2.75 bits per heavy atom. The average molecular weight is 307 g/mol. The number of rotatable bonds is 5. The maximum Gasteiger partial charge on any atom is 0.123 e. The van der Waals surface area contributed by atoms with Gasteiger partial charge in [-0.1, -0.05) is 15.9 Å². The van der Waals surface area contributed by atoms with Gasteiger partial charge >= 0.3 is 0 Å². The van der Waals surface area contributed by atoms with Crippen molar-refractivity contribution >= 4 is 27.5 Å². The van der Waals surface area contributed by atoms with Crippen LogP contribution in [0.1, 0.15) is 12.5 Å². The summed E-state index contributed by atoms with van der Waals surface area (Å²) in [5, 5.41) is 0. The van der Waals surface area contributed by atoms with Crippen molar-refractivity contribution in [2.24, 2.45) is 0 Å². The number of alkyl halides is 1. The van der Waals surface area contributed by atoms with E-state index in [-0.39, 0.29) is 0 Å². The Morgan fingerprint density at radius 2 is 2.19 bits per heavy atom. The number of hydrogen-bond donors (Lipinski definition) is 0. The van der Waals surface area contributed by atoms with Crippen molar-refractivity contribution in [1.82, 2.24) is 4.90 Å². The van der Waals surface area contributed by atoms with E-state index >= 15 is 0 Å². The zero-order valence-electron chi connectivity index (χ0n) is 9.84. The molecule has 0 amide bonds. The second kappa shape index (κ2) is 6.48. The molecule has 1 unspecified atom stereocenters. The van der Waals surface area contributed by atoms with Crippen LogP contribution in [0.25, 0.3) is 0 Å². The molecule has 4 heteroatoms. The van der Waals surface area contributed by atoms with Crippen molar-refractivity contribution in [3.05, 3.63) is 28.2 Å². The molecule has 0 saturated carbocycles. The minimum atomic E-state index is 0.352. The van der Waals surface area contributed by atoms with Crippen LogP contribution in [0, 0.1) is 0 Å². The van der Waals surface area contributed by atoms with Gasteiger partial charge in [-0.05, 0) is 32.2 Å². The van der Waals surface area contributed by atoms with E-state index < -0.39 is 0 Å². The van der Waals surface area contributed by atoms with Crippen molar-refractivity contribution in [3.63, 3.8) is 0 Å². The first kappa shape index (κ1) is 13.8. The third-order valence-corrected chi connectivity index (χ3v) is 3.58. The summed E-state index contributed by atoms with van der Waals surface area (Å²) in [6.45, 7) is 2.94. The van der Waals surface area contributed by atoms with E-state index in [1.165, 1.54) is 0 Å². The van der Waals surface area contributed by atoms with Crippen LogP contribution in [0.3, 0.4) is 0 Å². The summed E-state index contributed by atoms with van der Waals surface area (Å²) < 4.78 is 6.40. The van der Waals surface area contributed by atoms with Gasteiger partial charge < -0.3 is 4.74 Å². The average Bonchev–Trinajstić information content (AvgIpc) is 2.28. The van der Waals surface area contributed by atoms with Gasteiger partial charge in [0.15, 0.2) is 0 Å². The van der Waals surface area contributed by atoms with Crippen LogP contribution in [0.4, 0.5) is 0 Å². The summed E-state index contributed by atoms with van der Waals surface area (Å²) in [4.78, 5) is 2.21. The Kier molecular flexibility index (Phi) is 5.59. The normalized spacial score (nSPS) is 12.9. The summed E-state index contributed by atoms with van der Waals surface area (Å²) in [7, 11) is 3.76. The molecule has 16 heavy (non-hydrogen) atoms. The fourth-order valence-corrected chi connectivity index (χ4v) is 2.06. The summed E-state index contributed by atoms with van der Waals surface area (Å²) in [5.41, 5.74) is 1.16. The zero-order valence-corrected chi connectivity index (χ0v) is 12.2. The van der Waals surface area contributed by atoms with Gasteiger partial charge in [-0.3, -0.25) is 4.90 Å². The van der Waals surface area contributed by atoms with Gasteiger partial charge in [0.2, 0.25) is 0 Å². The molecule has 0 aliphatic carbocycles. The standard InChI is InChI=1S/C12H17BrClNO/c1-9(7-14)15(2)8-10-6-11(13)4-5-12(10)16-3/h4-6,9H,7-8H2,1-3H3. The molecule has 0 fully saturated rings. The highest BCUT2D eigenvalue weighted by molar-refractivity contribution is 9.10. The molecular formula is C12H17BrClNO. The van der Waals surface area contributed by atoms with Crippen molar-refractivity contribution < 1.29 is 4.74 Å². The van der Waals surface area contributed by atoms with Crippen LogP contribution in [0.2, 0.25) is 0 Å². The number of methoxy groups -OCH3 is 1. The number of halogens is 2. The van der Waals surface area contributed by atoms with Crippen molar-refractivity contribution in [2.75, 3.05) is 20.0 Å². The second-order valence-electron chi connectivity index (χ2n) is 3.87. The molecule has 0 heterocycles. The molecule has 0 aliphatic rings. The largest absolute Gasteiger partial charge is 0.496 e. The van der Waals surface area contributed by atoms with Crippen LogP contribution < -0.4 is 4.74 Å². The van der Waals surface area contributed by atoms with E-state index in [0.717, 1.165) is 22.3 Å². The lowest BCUT2D eigenvalue weighted by Gasteiger charge is -2.23. The molecule has 0 aromatic heterocycles. The molecule has 0 bridgehead atoms. The van der Waals surface area contributed by atoms with E-state index in [9.17, 15) is 0 Å². The number of benzene rings is 1. The van der Waals surface area contributed by atoms with E-state index in [2.05, 4.69) is 40.9 Å². The lowest BCUT2D eigenvalue weighted by molar-refractivity contribution is 0.263. The third kappa shape index (κ3) is 3.65. The minimum absolute atomic E-state index is 0.352. The first-order valence-corrected chi connectivity index (χ1v) is 6.49. The van der Waals surface area contributed by atoms with E-state index in [1.807, 2.05) is 12.1 Å². The Balaban J connectivity index is 2.82. The SMILES string of the molecule is COc1ccc(Br)cc1CN(C)C(C)CCl. The fraction of sp³-hybridized carbons (Fsp3) is 0.500. The lowest BCUT2D eigenvalue weighted by Crippen LogP contribution is -2.29. The van der Waals surface area contributed by atoms with Crippen LogP contribution in [-0.2, 0) is 6.54 Å². The smallest absolute Gasteiger partial charge is 0.123 e. The molecule has 1 aromatic rings. The topological polar surface area (TPSA) is 12.5 Å². The Morgan fingerprint density at radius 1 is 1.50 bits per heavy atom. The highest BCUT2D eigenvalue weighted by Crippen LogP contribution is 2.24. The quantitative estimate of drug-likeness (QED) is 0.772. The molecule has 1 rings (SSSR count). The first-order valence-electron chi connectivity index (χ1n) is 5.17. The summed E-state index contributed by atoms with van der Waals surface area (Å²) in [5.74, 6) is 1.55. The predicted molar refractivity (Wildman–Crippen MR) is 72.3 cm³/mol. The van der Waals surface area contributed by atoms with Crippen molar-refractivity contribution in [2.45, 2.75) is 19.5 Å². The maximum absolute atomic E-state index is 5.84. The number of ether oxygens (including phenoxy) is 1. The van der Waals surface area contributed by atoms with Gasteiger partial charge in [0.05, 0.1) is 7.11 Å². The molecule has 1 atom stereocenters. The first-order chi connectivity index (χ1) is 7.58. The molecule has 0 spiro atoms. The van der Waals surface area contributed by atoms with Crippen LogP contribution in [0.15, 0.2) is 22.7 Å². The highest BCUT2D eigenvalue weighted by atomic mass is 79.9. The molecule has 2 nitrogen and oxygen atoms in total. The van der Waals surface area contributed by atoms with Gasteiger partial charge in [0.25, 0.3) is 0 Å². The third-order valence-electron chi connectivity index (χ3n) is 2.64. The monoisotopic (exact) mass is 305 g/mol. The zero-order chi connectivity index (χ0) is 12.1. The minimum Gasteiger partial charge on any atom is -0.496 e. The van der Waals surface area contributed by atoms with Crippen LogP contribution in [0.5, 0.6) is 5.75 Å². The van der Waals surface area contributed by atoms with Crippen molar-refractivity contribution in [3.8, 4) is 5.75 Å². The Labute approximate surface area is 111 Å². The van der Waals surface area contributed by atoms with E-state index in [0.29, 0.717) is 11.9 Å². The van der Waals surface area contributed by atoms with E-state index in [4.69, 9.17) is 16.3 Å². The van der Waals surface area contributed by atoms with E-state index in [1.54, 1.807) is 7.11 Å².